The van der Waals surface area contributed by atoms with Gasteiger partial charge < -0.3 is 19.3 Å². The molecule has 66 heavy (non-hydrogen) atoms. The predicted molar refractivity (Wildman–Crippen MR) is 253 cm³/mol. The molecule has 0 fully saturated rings. The Kier molecular flexibility index (Phi) is 23.5. The number of aliphatic hydroxyl groups is 1. The van der Waals surface area contributed by atoms with E-state index in [0.29, 0.717) is 39.3 Å². The normalized spacial score (nSPS) is 12.1. The van der Waals surface area contributed by atoms with Crippen LogP contribution in [0, 0.1) is 0 Å². The molecular formula is C54H61F2N3O7. The number of esters is 3. The summed E-state index contributed by atoms with van der Waals surface area (Å²) < 4.78 is 41.4. The Morgan fingerprint density at radius 3 is 0.955 bits per heavy atom. The maximum absolute atomic E-state index is 13.9. The summed E-state index contributed by atoms with van der Waals surface area (Å²) in [6, 6.07) is 57.2. The standard InChI is InChI=1S/2C18H20FNO2.C18H21NO3/c1-22-18(21)17(12-19)20(13-15-8-4-2-5-9-15)14-16-10-6-3-7-11-16;1-22-18(21)17(19)14-20(12-15-8-4-2-5-9-15)13-16-10-6-3-7-11-16;1-22-18(21)17(14-20)19(12-15-8-4-2-5-9-15)13-16-10-6-3-7-11-16/h2*2-11,17H,12-14H2,1H3;2-11,17,20H,12-14H2,1H3/t;17-;/m.1./s1. The molecule has 12 heteroatoms. The first kappa shape index (κ1) is 52.1. The van der Waals surface area contributed by atoms with Crippen molar-refractivity contribution in [3.63, 3.8) is 0 Å². The Hall–Kier alpha value is -6.57. The van der Waals surface area contributed by atoms with E-state index in [1.54, 1.807) is 4.90 Å². The van der Waals surface area contributed by atoms with Crippen LogP contribution in [0.5, 0.6) is 0 Å². The van der Waals surface area contributed by atoms with Crippen molar-refractivity contribution in [2.45, 2.75) is 57.5 Å². The summed E-state index contributed by atoms with van der Waals surface area (Å²) in [5.74, 6) is -1.80. The van der Waals surface area contributed by atoms with Crippen LogP contribution in [0.4, 0.5) is 8.78 Å². The van der Waals surface area contributed by atoms with Crippen LogP contribution in [0.3, 0.4) is 0 Å². The van der Waals surface area contributed by atoms with Crippen LogP contribution in [0.2, 0.25) is 0 Å². The number of carbonyl (C=O) groups is 3. The molecule has 0 spiro atoms. The summed E-state index contributed by atoms with van der Waals surface area (Å²) in [6.45, 7) is 2.22. The molecule has 0 aliphatic carbocycles. The molecule has 0 saturated carbocycles. The number of methoxy groups -OCH3 is 3. The first-order valence-electron chi connectivity index (χ1n) is 21.7. The number of carbonyl (C=O) groups excluding carboxylic acids is 3. The molecule has 0 aliphatic heterocycles. The second-order valence-corrected chi connectivity index (χ2v) is 15.3. The van der Waals surface area contributed by atoms with E-state index in [4.69, 9.17) is 9.47 Å². The maximum Gasteiger partial charge on any atom is 0.341 e. The van der Waals surface area contributed by atoms with Crippen molar-refractivity contribution in [2.75, 3.05) is 41.2 Å². The molecule has 10 nitrogen and oxygen atoms in total. The Morgan fingerprint density at radius 2 is 0.697 bits per heavy atom. The zero-order valence-corrected chi connectivity index (χ0v) is 37.9. The van der Waals surface area contributed by atoms with Crippen LogP contribution in [0.25, 0.3) is 0 Å². The lowest BCUT2D eigenvalue weighted by atomic mass is 10.1. The number of rotatable bonds is 21. The molecule has 6 rings (SSSR count). The molecule has 3 atom stereocenters. The van der Waals surface area contributed by atoms with E-state index in [2.05, 4.69) is 4.74 Å². The maximum atomic E-state index is 13.9. The lowest BCUT2D eigenvalue weighted by Crippen LogP contribution is -2.43. The minimum atomic E-state index is -1.64. The van der Waals surface area contributed by atoms with Crippen LogP contribution >= 0.6 is 0 Å². The number of nitrogens with zero attached hydrogens (tertiary/aromatic N) is 3. The molecule has 348 valence electrons. The Bertz CT molecular complexity index is 2000. The molecule has 6 aromatic carbocycles. The molecular weight excluding hydrogens is 841 g/mol. The SMILES string of the molecule is COC(=O)C(CF)N(Cc1ccccc1)Cc1ccccc1.COC(=O)C(CO)N(Cc1ccccc1)Cc1ccccc1.COC(=O)[C@H](F)CN(Cc1ccccc1)Cc1ccccc1. The van der Waals surface area contributed by atoms with Crippen molar-refractivity contribution in [1.82, 2.24) is 14.7 Å². The highest BCUT2D eigenvalue weighted by Gasteiger charge is 2.28. The number of alkyl halides is 2. The van der Waals surface area contributed by atoms with E-state index < -0.39 is 42.8 Å². The summed E-state index contributed by atoms with van der Waals surface area (Å²) in [6.07, 6.45) is -1.64. The fraction of sp³-hybridized carbons (Fsp3) is 0.278. The zero-order valence-electron chi connectivity index (χ0n) is 37.9. The summed E-state index contributed by atoms with van der Waals surface area (Å²) in [5, 5.41) is 9.61. The van der Waals surface area contributed by atoms with E-state index in [1.165, 1.54) is 21.3 Å². The van der Waals surface area contributed by atoms with E-state index in [0.717, 1.165) is 33.4 Å². The van der Waals surface area contributed by atoms with Gasteiger partial charge in [-0.3, -0.25) is 24.3 Å². The van der Waals surface area contributed by atoms with Crippen LogP contribution in [-0.2, 0) is 67.9 Å². The zero-order chi connectivity index (χ0) is 47.4. The van der Waals surface area contributed by atoms with Gasteiger partial charge in [-0.1, -0.05) is 182 Å². The molecule has 2 unspecified atom stereocenters. The summed E-state index contributed by atoms with van der Waals surface area (Å²) >= 11 is 0. The fourth-order valence-electron chi connectivity index (χ4n) is 7.04. The number of hydrogen-bond donors (Lipinski definition) is 1. The molecule has 6 aromatic rings. The van der Waals surface area contributed by atoms with Crippen molar-refractivity contribution >= 4 is 17.9 Å². The monoisotopic (exact) mass is 901 g/mol. The molecule has 1 N–H and O–H groups in total. The van der Waals surface area contributed by atoms with Crippen LogP contribution < -0.4 is 0 Å². The third-order valence-electron chi connectivity index (χ3n) is 10.4. The quantitative estimate of drug-likeness (QED) is 0.0558. The van der Waals surface area contributed by atoms with Gasteiger partial charge in [0.2, 0.25) is 6.17 Å². The summed E-state index contributed by atoms with van der Waals surface area (Å²) in [7, 11) is 3.83. The molecule has 0 amide bonds. The Morgan fingerprint density at radius 1 is 0.439 bits per heavy atom. The predicted octanol–water partition coefficient (Wildman–Crippen LogP) is 8.62. The van der Waals surface area contributed by atoms with Gasteiger partial charge >= 0.3 is 17.9 Å². The van der Waals surface area contributed by atoms with Gasteiger partial charge in [-0.15, -0.1) is 0 Å². The minimum absolute atomic E-state index is 0.0104. The largest absolute Gasteiger partial charge is 0.468 e. The van der Waals surface area contributed by atoms with E-state index in [-0.39, 0.29) is 13.2 Å². The third-order valence-corrected chi connectivity index (χ3v) is 10.4. The van der Waals surface area contributed by atoms with Crippen LogP contribution in [-0.4, -0.2) is 97.1 Å². The van der Waals surface area contributed by atoms with Gasteiger partial charge in [0.15, 0.2) is 0 Å². The van der Waals surface area contributed by atoms with Crippen molar-refractivity contribution < 1.29 is 42.5 Å². The first-order valence-corrected chi connectivity index (χ1v) is 21.7. The average Bonchev–Trinajstić information content (AvgIpc) is 3.36. The van der Waals surface area contributed by atoms with Crippen molar-refractivity contribution in [2.24, 2.45) is 0 Å². The molecule has 0 radical (unpaired) electrons. The average molecular weight is 902 g/mol. The highest BCUT2D eigenvalue weighted by molar-refractivity contribution is 5.76. The first-order chi connectivity index (χ1) is 32.2. The van der Waals surface area contributed by atoms with E-state index in [1.807, 2.05) is 192 Å². The van der Waals surface area contributed by atoms with Crippen LogP contribution in [0.15, 0.2) is 182 Å². The lowest BCUT2D eigenvalue weighted by molar-refractivity contribution is -0.149. The third kappa shape index (κ3) is 18.5. The molecule has 0 aromatic heterocycles. The number of ether oxygens (including phenoxy) is 3. The molecule has 0 bridgehead atoms. The Labute approximate surface area is 388 Å². The molecule has 0 aliphatic rings. The van der Waals surface area contributed by atoms with Crippen molar-refractivity contribution in [1.29, 1.82) is 0 Å². The van der Waals surface area contributed by atoms with E-state index in [9.17, 15) is 28.3 Å². The molecule has 0 heterocycles. The van der Waals surface area contributed by atoms with Gasteiger partial charge in [0.1, 0.15) is 18.8 Å². The number of hydrogen-bond acceptors (Lipinski definition) is 10. The molecule has 0 saturated heterocycles. The smallest absolute Gasteiger partial charge is 0.341 e. The Balaban J connectivity index is 0.000000216. The van der Waals surface area contributed by atoms with Gasteiger partial charge in [-0.05, 0) is 33.4 Å². The van der Waals surface area contributed by atoms with Crippen molar-refractivity contribution in [3.8, 4) is 0 Å². The van der Waals surface area contributed by atoms with Gasteiger partial charge in [0.05, 0.1) is 27.9 Å². The fourth-order valence-corrected chi connectivity index (χ4v) is 7.04. The summed E-state index contributed by atoms with van der Waals surface area (Å²) in [5.41, 5.74) is 6.38. The highest BCUT2D eigenvalue weighted by Crippen LogP contribution is 2.17. The number of halogens is 2. The highest BCUT2D eigenvalue weighted by atomic mass is 19.1. The summed E-state index contributed by atoms with van der Waals surface area (Å²) in [4.78, 5) is 40.8. The van der Waals surface area contributed by atoms with Gasteiger partial charge in [0, 0.05) is 45.8 Å². The lowest BCUT2D eigenvalue weighted by Gasteiger charge is -2.28. The second kappa shape index (κ2) is 29.8. The van der Waals surface area contributed by atoms with Crippen LogP contribution in [0.1, 0.15) is 33.4 Å². The number of aliphatic hydroxyl groups excluding tert-OH is 1. The number of benzene rings is 6. The van der Waals surface area contributed by atoms with Gasteiger partial charge in [0.25, 0.3) is 0 Å². The van der Waals surface area contributed by atoms with E-state index >= 15 is 0 Å². The second-order valence-electron chi connectivity index (χ2n) is 15.3. The topological polar surface area (TPSA) is 109 Å². The van der Waals surface area contributed by atoms with Gasteiger partial charge in [-0.25, -0.2) is 13.6 Å². The minimum Gasteiger partial charge on any atom is -0.468 e. The van der Waals surface area contributed by atoms with Gasteiger partial charge in [-0.2, -0.15) is 0 Å². The van der Waals surface area contributed by atoms with Crippen molar-refractivity contribution in [3.05, 3.63) is 215 Å².